The number of hydrogen-bond donors (Lipinski definition) is 1. The molecule has 2 aromatic carbocycles. The molecule has 0 saturated heterocycles. The van der Waals surface area contributed by atoms with Crippen molar-refractivity contribution in [2.24, 2.45) is 10.8 Å². The van der Waals surface area contributed by atoms with E-state index in [4.69, 9.17) is 22.1 Å². The summed E-state index contributed by atoms with van der Waals surface area (Å²) in [5.74, 6) is 0.855. The van der Waals surface area contributed by atoms with E-state index in [0.717, 1.165) is 29.1 Å². The average Bonchev–Trinajstić information content (AvgIpc) is 2.99. The summed E-state index contributed by atoms with van der Waals surface area (Å²) >= 11 is 6.12. The summed E-state index contributed by atoms with van der Waals surface area (Å²) in [5, 5.41) is 7.33. The molecule has 3 rings (SSSR count). The van der Waals surface area contributed by atoms with Crippen molar-refractivity contribution in [3.05, 3.63) is 59.1 Å². The van der Waals surface area contributed by atoms with Crippen LogP contribution >= 0.6 is 11.6 Å². The van der Waals surface area contributed by atoms with E-state index in [9.17, 15) is 0 Å². The maximum atomic E-state index is 6.12. The van der Waals surface area contributed by atoms with E-state index in [2.05, 4.69) is 11.2 Å². The summed E-state index contributed by atoms with van der Waals surface area (Å²) in [6.45, 7) is 0.447. The van der Waals surface area contributed by atoms with Gasteiger partial charge in [-0.15, -0.1) is 0 Å². The van der Waals surface area contributed by atoms with Crippen LogP contribution in [0.3, 0.4) is 0 Å². The van der Waals surface area contributed by atoms with Crippen molar-refractivity contribution in [1.82, 2.24) is 0 Å². The van der Waals surface area contributed by atoms with Crippen molar-refractivity contribution in [2.45, 2.75) is 12.5 Å². The van der Waals surface area contributed by atoms with Gasteiger partial charge >= 0.3 is 0 Å². The molecule has 4 nitrogen and oxygen atoms in total. The Kier molecular flexibility index (Phi) is 4.32. The van der Waals surface area contributed by atoms with Crippen molar-refractivity contribution >= 4 is 23.0 Å². The van der Waals surface area contributed by atoms with E-state index in [1.165, 1.54) is 0 Å². The second-order valence-electron chi connectivity index (χ2n) is 5.16. The van der Waals surface area contributed by atoms with Gasteiger partial charge < -0.3 is 10.5 Å². The maximum absolute atomic E-state index is 6.12. The van der Waals surface area contributed by atoms with Gasteiger partial charge in [0, 0.05) is 23.6 Å². The number of methoxy groups -OCH3 is 1. The minimum Gasteiger partial charge on any atom is -0.496 e. The lowest BCUT2D eigenvalue weighted by Gasteiger charge is -2.25. The Labute approximate surface area is 135 Å². The lowest BCUT2D eigenvalue weighted by Crippen LogP contribution is -2.19. The molecule has 0 spiro atoms. The van der Waals surface area contributed by atoms with Gasteiger partial charge in [-0.1, -0.05) is 35.9 Å². The zero-order valence-electron chi connectivity index (χ0n) is 12.4. The molecular formula is C17H18ClN3O. The number of anilines is 1. The molecule has 5 heteroatoms. The zero-order valence-corrected chi connectivity index (χ0v) is 13.1. The normalized spacial score (nSPS) is 17.5. The molecule has 1 aliphatic rings. The van der Waals surface area contributed by atoms with Gasteiger partial charge in [-0.25, -0.2) is 0 Å². The monoisotopic (exact) mass is 315 g/mol. The number of nitrogens with two attached hydrogens (primary N) is 1. The van der Waals surface area contributed by atoms with E-state index < -0.39 is 0 Å². The fraction of sp³-hybridized carbons (Fsp3) is 0.235. The summed E-state index contributed by atoms with van der Waals surface area (Å²) < 4.78 is 5.50. The molecule has 114 valence electrons. The van der Waals surface area contributed by atoms with Crippen molar-refractivity contribution in [3.8, 4) is 5.75 Å². The third-order valence-electron chi connectivity index (χ3n) is 3.78. The Bertz CT molecular complexity index is 702. The van der Waals surface area contributed by atoms with Gasteiger partial charge in [-0.2, -0.15) is 5.10 Å². The van der Waals surface area contributed by atoms with Crippen LogP contribution < -0.4 is 15.5 Å². The minimum absolute atomic E-state index is 0.0631. The summed E-state index contributed by atoms with van der Waals surface area (Å²) in [5.41, 5.74) is 8.81. The first-order valence-corrected chi connectivity index (χ1v) is 7.55. The third kappa shape index (κ3) is 2.80. The quantitative estimate of drug-likeness (QED) is 0.937. The number of nitrogens with zero attached hydrogens (tertiary/aromatic N) is 2. The van der Waals surface area contributed by atoms with Crippen LogP contribution in [0, 0.1) is 0 Å². The Morgan fingerprint density at radius 2 is 2.09 bits per heavy atom. The number of rotatable bonds is 4. The maximum Gasteiger partial charge on any atom is 0.124 e. The Hall–Kier alpha value is -2.04. The second kappa shape index (κ2) is 6.38. The van der Waals surface area contributed by atoms with Gasteiger partial charge in [-0.3, -0.25) is 5.01 Å². The molecule has 1 aliphatic heterocycles. The zero-order chi connectivity index (χ0) is 15.5. The SMILES string of the molecule is COc1ccccc1C1CC(CN)=NN1c1cccc(Cl)c1. The molecule has 0 saturated carbocycles. The first-order valence-electron chi connectivity index (χ1n) is 7.17. The molecule has 2 aromatic rings. The number of hydrazone groups is 1. The Morgan fingerprint density at radius 3 is 2.82 bits per heavy atom. The number of halogens is 1. The van der Waals surface area contributed by atoms with Gasteiger partial charge in [0.05, 0.1) is 24.6 Å². The molecule has 2 N–H and O–H groups in total. The van der Waals surface area contributed by atoms with Crippen molar-refractivity contribution in [3.63, 3.8) is 0 Å². The van der Waals surface area contributed by atoms with Crippen LogP contribution in [0.5, 0.6) is 5.75 Å². The molecule has 0 aromatic heterocycles. The number of hydrogen-bond acceptors (Lipinski definition) is 4. The lowest BCUT2D eigenvalue weighted by molar-refractivity contribution is 0.405. The highest BCUT2D eigenvalue weighted by molar-refractivity contribution is 6.30. The fourth-order valence-corrected chi connectivity index (χ4v) is 2.92. The molecule has 0 amide bonds. The predicted molar refractivity (Wildman–Crippen MR) is 90.8 cm³/mol. The molecule has 1 atom stereocenters. The van der Waals surface area contributed by atoms with Crippen molar-refractivity contribution in [1.29, 1.82) is 0 Å². The summed E-state index contributed by atoms with van der Waals surface area (Å²) in [4.78, 5) is 0. The van der Waals surface area contributed by atoms with Crippen molar-refractivity contribution < 1.29 is 4.74 Å². The largest absolute Gasteiger partial charge is 0.496 e. The number of benzene rings is 2. The first-order chi connectivity index (χ1) is 10.7. The van der Waals surface area contributed by atoms with E-state index in [1.807, 2.05) is 47.5 Å². The van der Waals surface area contributed by atoms with Gasteiger partial charge in [0.1, 0.15) is 5.75 Å². The van der Waals surface area contributed by atoms with E-state index in [0.29, 0.717) is 11.6 Å². The van der Waals surface area contributed by atoms with Gasteiger partial charge in [0.25, 0.3) is 0 Å². The molecule has 0 fully saturated rings. The van der Waals surface area contributed by atoms with Gasteiger partial charge in [-0.05, 0) is 24.3 Å². The second-order valence-corrected chi connectivity index (χ2v) is 5.59. The van der Waals surface area contributed by atoms with Crippen LogP contribution in [-0.2, 0) is 0 Å². The van der Waals surface area contributed by atoms with Crippen LogP contribution in [0.1, 0.15) is 18.0 Å². The predicted octanol–water partition coefficient (Wildman–Crippen LogP) is 3.61. The Morgan fingerprint density at radius 1 is 1.27 bits per heavy atom. The van der Waals surface area contributed by atoms with E-state index >= 15 is 0 Å². The molecule has 1 heterocycles. The van der Waals surface area contributed by atoms with Crippen LogP contribution in [0.4, 0.5) is 5.69 Å². The molecule has 1 unspecified atom stereocenters. The molecule has 0 bridgehead atoms. The summed E-state index contributed by atoms with van der Waals surface area (Å²) in [7, 11) is 1.68. The topological polar surface area (TPSA) is 50.9 Å². The van der Waals surface area contributed by atoms with Crippen molar-refractivity contribution in [2.75, 3.05) is 18.7 Å². The smallest absolute Gasteiger partial charge is 0.124 e. The molecule has 22 heavy (non-hydrogen) atoms. The van der Waals surface area contributed by atoms with E-state index in [1.54, 1.807) is 7.11 Å². The van der Waals surface area contributed by atoms with Gasteiger partial charge in [0.15, 0.2) is 0 Å². The van der Waals surface area contributed by atoms with Crippen LogP contribution in [0.25, 0.3) is 0 Å². The third-order valence-corrected chi connectivity index (χ3v) is 4.01. The highest BCUT2D eigenvalue weighted by atomic mass is 35.5. The molecule has 0 radical (unpaired) electrons. The summed E-state index contributed by atoms with van der Waals surface area (Å²) in [6.07, 6.45) is 0.781. The van der Waals surface area contributed by atoms with E-state index in [-0.39, 0.29) is 6.04 Å². The fourth-order valence-electron chi connectivity index (χ4n) is 2.74. The van der Waals surface area contributed by atoms with Crippen LogP contribution in [0.15, 0.2) is 53.6 Å². The van der Waals surface area contributed by atoms with Gasteiger partial charge in [0.2, 0.25) is 0 Å². The highest BCUT2D eigenvalue weighted by Gasteiger charge is 2.30. The number of ether oxygens (including phenoxy) is 1. The minimum atomic E-state index is 0.0631. The first kappa shape index (κ1) is 14.9. The highest BCUT2D eigenvalue weighted by Crippen LogP contribution is 2.39. The standard InChI is InChI=1S/C17H18ClN3O/c1-22-17-8-3-2-7-15(17)16-10-13(11-19)20-21(16)14-6-4-5-12(18)9-14/h2-9,16H,10-11,19H2,1H3. The molecule has 0 aliphatic carbocycles. The lowest BCUT2D eigenvalue weighted by atomic mass is 10.0. The van der Waals surface area contributed by atoms with Crippen LogP contribution in [0.2, 0.25) is 5.02 Å². The average molecular weight is 316 g/mol. The molecular weight excluding hydrogens is 298 g/mol. The van der Waals surface area contributed by atoms with Crippen LogP contribution in [-0.4, -0.2) is 19.4 Å². The summed E-state index contributed by atoms with van der Waals surface area (Å²) in [6, 6.07) is 15.7. The Balaban J connectivity index is 2.03. The number of para-hydroxylation sites is 1.